The molecule has 6 heteroatoms. The van der Waals surface area contributed by atoms with Crippen LogP contribution in [0.3, 0.4) is 0 Å². The SMILES string of the molecule is Cc1ccc(CN(C)C(=O)COC(=O)c2ccc(C[NH+]3CCOCC3)cc2)c(C)c1. The van der Waals surface area contributed by atoms with Crippen LogP contribution in [0.1, 0.15) is 32.6 Å². The quantitative estimate of drug-likeness (QED) is 0.702. The maximum Gasteiger partial charge on any atom is 0.338 e. The summed E-state index contributed by atoms with van der Waals surface area (Å²) >= 11 is 0. The molecule has 6 nitrogen and oxygen atoms in total. The predicted molar refractivity (Wildman–Crippen MR) is 114 cm³/mol. The van der Waals surface area contributed by atoms with Gasteiger partial charge in [0.25, 0.3) is 5.91 Å². The topological polar surface area (TPSA) is 60.3 Å². The highest BCUT2D eigenvalue weighted by Crippen LogP contribution is 2.13. The summed E-state index contributed by atoms with van der Waals surface area (Å²) in [5, 5.41) is 0. The summed E-state index contributed by atoms with van der Waals surface area (Å²) in [5.74, 6) is -0.704. The van der Waals surface area contributed by atoms with E-state index in [1.165, 1.54) is 16.0 Å². The first-order chi connectivity index (χ1) is 14.4. The van der Waals surface area contributed by atoms with Gasteiger partial charge in [0.2, 0.25) is 0 Å². The molecular formula is C24H31N2O4+. The lowest BCUT2D eigenvalue weighted by Gasteiger charge is -2.23. The van der Waals surface area contributed by atoms with Gasteiger partial charge in [0, 0.05) is 19.2 Å². The molecule has 0 saturated carbocycles. The van der Waals surface area contributed by atoms with E-state index >= 15 is 0 Å². The molecule has 0 atom stereocenters. The number of aryl methyl sites for hydroxylation is 2. The lowest BCUT2D eigenvalue weighted by Crippen LogP contribution is -3.12. The first-order valence-electron chi connectivity index (χ1n) is 10.4. The minimum atomic E-state index is -0.478. The van der Waals surface area contributed by atoms with Gasteiger partial charge >= 0.3 is 5.97 Å². The number of quaternary nitrogens is 1. The van der Waals surface area contributed by atoms with Gasteiger partial charge in [-0.3, -0.25) is 4.79 Å². The molecule has 1 amide bonds. The number of nitrogens with one attached hydrogen (secondary N) is 1. The van der Waals surface area contributed by atoms with E-state index in [4.69, 9.17) is 9.47 Å². The Morgan fingerprint density at radius 1 is 1.07 bits per heavy atom. The highest BCUT2D eigenvalue weighted by atomic mass is 16.5. The van der Waals surface area contributed by atoms with Gasteiger partial charge in [0.15, 0.2) is 6.61 Å². The van der Waals surface area contributed by atoms with Crippen molar-refractivity contribution in [2.75, 3.05) is 40.0 Å². The van der Waals surface area contributed by atoms with Crippen LogP contribution in [-0.2, 0) is 27.4 Å². The molecule has 0 unspecified atom stereocenters. The number of rotatable bonds is 7. The summed E-state index contributed by atoms with van der Waals surface area (Å²) < 4.78 is 10.6. The van der Waals surface area contributed by atoms with Crippen molar-refractivity contribution in [3.63, 3.8) is 0 Å². The molecule has 1 aliphatic rings. The van der Waals surface area contributed by atoms with Crippen LogP contribution in [-0.4, -0.2) is 56.7 Å². The maximum atomic E-state index is 12.4. The smallest absolute Gasteiger partial charge is 0.338 e. The number of morpholine rings is 1. The van der Waals surface area contributed by atoms with E-state index in [9.17, 15) is 9.59 Å². The second-order valence-corrected chi connectivity index (χ2v) is 7.99. The van der Waals surface area contributed by atoms with E-state index < -0.39 is 5.97 Å². The fourth-order valence-electron chi connectivity index (χ4n) is 3.57. The Bertz CT molecular complexity index is 873. The third kappa shape index (κ3) is 6.15. The van der Waals surface area contributed by atoms with Crippen LogP contribution >= 0.6 is 0 Å². The lowest BCUT2D eigenvalue weighted by molar-refractivity contribution is -0.921. The zero-order valence-corrected chi connectivity index (χ0v) is 18.1. The minimum Gasteiger partial charge on any atom is -0.452 e. The van der Waals surface area contributed by atoms with Crippen molar-refractivity contribution in [3.05, 3.63) is 70.3 Å². The Balaban J connectivity index is 1.47. The average Bonchev–Trinajstić information content (AvgIpc) is 2.75. The second kappa shape index (κ2) is 10.4. The molecule has 1 N–H and O–H groups in total. The van der Waals surface area contributed by atoms with Crippen molar-refractivity contribution in [3.8, 4) is 0 Å². The molecule has 0 spiro atoms. The van der Waals surface area contributed by atoms with E-state index in [1.54, 1.807) is 24.1 Å². The maximum absolute atomic E-state index is 12.4. The molecule has 1 heterocycles. The molecule has 0 aromatic heterocycles. The normalized spacial score (nSPS) is 14.4. The number of likely N-dealkylation sites (N-methyl/N-ethyl adjacent to an activating group) is 1. The van der Waals surface area contributed by atoms with Crippen LogP contribution in [0.25, 0.3) is 0 Å². The Kier molecular flexibility index (Phi) is 7.60. The van der Waals surface area contributed by atoms with Crippen LogP contribution in [0.4, 0.5) is 0 Å². The van der Waals surface area contributed by atoms with E-state index in [1.807, 2.05) is 38.1 Å². The van der Waals surface area contributed by atoms with Gasteiger partial charge < -0.3 is 19.3 Å². The Morgan fingerprint density at radius 2 is 1.77 bits per heavy atom. The van der Waals surface area contributed by atoms with Crippen molar-refractivity contribution >= 4 is 11.9 Å². The van der Waals surface area contributed by atoms with Crippen molar-refractivity contribution in [2.45, 2.75) is 26.9 Å². The third-order valence-corrected chi connectivity index (χ3v) is 5.50. The largest absolute Gasteiger partial charge is 0.452 e. The zero-order valence-electron chi connectivity index (χ0n) is 18.1. The van der Waals surface area contributed by atoms with Crippen LogP contribution in [0.15, 0.2) is 42.5 Å². The van der Waals surface area contributed by atoms with E-state index in [0.717, 1.165) is 44.0 Å². The summed E-state index contributed by atoms with van der Waals surface area (Å²) in [6.07, 6.45) is 0. The molecular weight excluding hydrogens is 380 g/mol. The fourth-order valence-corrected chi connectivity index (χ4v) is 3.57. The minimum absolute atomic E-state index is 0.226. The number of hydrogen-bond donors (Lipinski definition) is 1. The molecule has 2 aromatic rings. The molecule has 0 aliphatic carbocycles. The van der Waals surface area contributed by atoms with Crippen molar-refractivity contribution in [1.82, 2.24) is 4.90 Å². The number of carbonyl (C=O) groups excluding carboxylic acids is 2. The standard InChI is InChI=1S/C24H30N2O4/c1-18-4-7-22(19(2)14-18)16-25(3)23(27)17-30-24(28)21-8-5-20(6-9-21)15-26-10-12-29-13-11-26/h4-9,14H,10-13,15-17H2,1-3H3/p+1. The molecule has 30 heavy (non-hydrogen) atoms. The highest BCUT2D eigenvalue weighted by Gasteiger charge is 2.16. The predicted octanol–water partition coefficient (Wildman–Crippen LogP) is 1.53. The van der Waals surface area contributed by atoms with Crippen LogP contribution < -0.4 is 4.90 Å². The second-order valence-electron chi connectivity index (χ2n) is 7.99. The molecule has 160 valence electrons. The van der Waals surface area contributed by atoms with E-state index in [0.29, 0.717) is 12.1 Å². The first kappa shape index (κ1) is 22.0. The van der Waals surface area contributed by atoms with Gasteiger partial charge in [-0.25, -0.2) is 4.79 Å². The molecule has 0 bridgehead atoms. The molecule has 1 fully saturated rings. The van der Waals surface area contributed by atoms with Crippen LogP contribution in [0.5, 0.6) is 0 Å². The number of amides is 1. The highest BCUT2D eigenvalue weighted by molar-refractivity contribution is 5.91. The fraction of sp³-hybridized carbons (Fsp3) is 0.417. The average molecular weight is 412 g/mol. The van der Waals surface area contributed by atoms with Crippen LogP contribution in [0.2, 0.25) is 0 Å². The van der Waals surface area contributed by atoms with E-state index in [-0.39, 0.29) is 12.5 Å². The molecule has 3 rings (SSSR count). The van der Waals surface area contributed by atoms with Crippen LogP contribution in [0, 0.1) is 13.8 Å². The summed E-state index contributed by atoms with van der Waals surface area (Å²) in [6, 6.07) is 13.6. The molecule has 0 radical (unpaired) electrons. The van der Waals surface area contributed by atoms with Gasteiger partial charge in [0.1, 0.15) is 19.6 Å². The Labute approximate surface area is 178 Å². The summed E-state index contributed by atoms with van der Waals surface area (Å²) in [7, 11) is 1.72. The number of nitrogens with zero attached hydrogens (tertiary/aromatic N) is 1. The first-order valence-corrected chi connectivity index (χ1v) is 10.4. The molecule has 2 aromatic carbocycles. The third-order valence-electron chi connectivity index (χ3n) is 5.50. The van der Waals surface area contributed by atoms with Gasteiger partial charge in [0.05, 0.1) is 18.8 Å². The van der Waals surface area contributed by atoms with Crippen molar-refractivity contribution < 1.29 is 24.0 Å². The zero-order chi connectivity index (χ0) is 21.5. The summed E-state index contributed by atoms with van der Waals surface area (Å²) in [4.78, 5) is 27.7. The molecule has 1 aliphatic heterocycles. The lowest BCUT2D eigenvalue weighted by atomic mass is 10.1. The van der Waals surface area contributed by atoms with Gasteiger partial charge in [-0.1, -0.05) is 35.9 Å². The number of ether oxygens (including phenoxy) is 2. The Morgan fingerprint density at radius 3 is 2.43 bits per heavy atom. The molecule has 1 saturated heterocycles. The summed E-state index contributed by atoms with van der Waals surface area (Å²) in [5.41, 5.74) is 5.05. The van der Waals surface area contributed by atoms with Gasteiger partial charge in [-0.15, -0.1) is 0 Å². The van der Waals surface area contributed by atoms with Crippen molar-refractivity contribution in [2.24, 2.45) is 0 Å². The Hall–Kier alpha value is -2.70. The number of carbonyl (C=O) groups is 2. The summed E-state index contributed by atoms with van der Waals surface area (Å²) in [6.45, 7) is 8.81. The number of benzene rings is 2. The van der Waals surface area contributed by atoms with E-state index in [2.05, 4.69) is 6.07 Å². The van der Waals surface area contributed by atoms with Crippen molar-refractivity contribution in [1.29, 1.82) is 0 Å². The monoisotopic (exact) mass is 411 g/mol. The van der Waals surface area contributed by atoms with Gasteiger partial charge in [-0.05, 0) is 37.1 Å². The number of hydrogen-bond acceptors (Lipinski definition) is 4. The number of esters is 1. The van der Waals surface area contributed by atoms with Gasteiger partial charge in [-0.2, -0.15) is 0 Å².